The molecule has 0 aliphatic carbocycles. The predicted molar refractivity (Wildman–Crippen MR) is 62.6 cm³/mol. The number of carbonyl (C=O) groups excluding carboxylic acids is 1. The van der Waals surface area contributed by atoms with Crippen LogP contribution in [0.15, 0.2) is 30.9 Å². The molecule has 0 atom stereocenters. The SMILES string of the molecule is C=CC(=O)Nc1ccc(OCCOC)c(F)c1. The maximum absolute atomic E-state index is 13.5. The molecule has 0 aliphatic rings. The first-order valence-electron chi connectivity index (χ1n) is 5.02. The van der Waals surface area contributed by atoms with E-state index in [1.54, 1.807) is 6.07 Å². The summed E-state index contributed by atoms with van der Waals surface area (Å²) in [5.41, 5.74) is 0.353. The zero-order valence-corrected chi connectivity index (χ0v) is 9.53. The zero-order valence-electron chi connectivity index (χ0n) is 9.53. The number of carbonyl (C=O) groups is 1. The van der Waals surface area contributed by atoms with Gasteiger partial charge in [0.1, 0.15) is 6.61 Å². The second-order valence-electron chi connectivity index (χ2n) is 3.18. The van der Waals surface area contributed by atoms with Crippen molar-refractivity contribution < 1.29 is 18.7 Å². The third-order valence-corrected chi connectivity index (χ3v) is 1.93. The van der Waals surface area contributed by atoms with Crippen LogP contribution in [-0.4, -0.2) is 26.2 Å². The van der Waals surface area contributed by atoms with Crippen molar-refractivity contribution in [1.82, 2.24) is 0 Å². The summed E-state index contributed by atoms with van der Waals surface area (Å²) in [5, 5.41) is 2.45. The number of amides is 1. The van der Waals surface area contributed by atoms with Gasteiger partial charge < -0.3 is 14.8 Å². The fourth-order valence-electron chi connectivity index (χ4n) is 1.12. The average Bonchev–Trinajstić information content (AvgIpc) is 2.32. The van der Waals surface area contributed by atoms with Crippen molar-refractivity contribution >= 4 is 11.6 Å². The molecule has 4 nitrogen and oxygen atoms in total. The van der Waals surface area contributed by atoms with Crippen LogP contribution in [0.1, 0.15) is 0 Å². The second-order valence-corrected chi connectivity index (χ2v) is 3.18. The Morgan fingerprint density at radius 1 is 1.53 bits per heavy atom. The van der Waals surface area contributed by atoms with Crippen LogP contribution in [0.25, 0.3) is 0 Å². The van der Waals surface area contributed by atoms with Crippen molar-refractivity contribution in [2.45, 2.75) is 0 Å². The predicted octanol–water partition coefficient (Wildman–Crippen LogP) is 1.98. The number of hydrogen-bond acceptors (Lipinski definition) is 3. The Labute approximate surface area is 99.0 Å². The number of methoxy groups -OCH3 is 1. The highest BCUT2D eigenvalue weighted by molar-refractivity contribution is 5.98. The van der Waals surface area contributed by atoms with Crippen molar-refractivity contribution in [3.8, 4) is 5.75 Å². The van der Waals surface area contributed by atoms with E-state index < -0.39 is 11.7 Å². The van der Waals surface area contributed by atoms with Crippen LogP contribution < -0.4 is 10.1 Å². The van der Waals surface area contributed by atoms with E-state index in [1.807, 2.05) is 0 Å². The van der Waals surface area contributed by atoms with Gasteiger partial charge in [0.15, 0.2) is 11.6 Å². The quantitative estimate of drug-likeness (QED) is 0.610. The van der Waals surface area contributed by atoms with Crippen LogP contribution in [0.3, 0.4) is 0 Å². The van der Waals surface area contributed by atoms with E-state index in [9.17, 15) is 9.18 Å². The van der Waals surface area contributed by atoms with E-state index >= 15 is 0 Å². The van der Waals surface area contributed by atoms with Gasteiger partial charge in [-0.2, -0.15) is 0 Å². The third-order valence-electron chi connectivity index (χ3n) is 1.93. The van der Waals surface area contributed by atoms with Gasteiger partial charge >= 0.3 is 0 Å². The fourth-order valence-corrected chi connectivity index (χ4v) is 1.12. The average molecular weight is 239 g/mol. The molecule has 0 spiro atoms. The molecule has 1 N–H and O–H groups in total. The molecule has 17 heavy (non-hydrogen) atoms. The Hall–Kier alpha value is -1.88. The molecule has 92 valence electrons. The molecule has 1 rings (SSSR count). The van der Waals surface area contributed by atoms with E-state index in [0.29, 0.717) is 12.3 Å². The smallest absolute Gasteiger partial charge is 0.247 e. The van der Waals surface area contributed by atoms with Gasteiger partial charge in [0.2, 0.25) is 5.91 Å². The van der Waals surface area contributed by atoms with E-state index in [2.05, 4.69) is 11.9 Å². The number of ether oxygens (including phenoxy) is 2. The minimum atomic E-state index is -0.539. The standard InChI is InChI=1S/C12H14FNO3/c1-3-12(15)14-9-4-5-11(10(13)8-9)17-7-6-16-2/h3-5,8H,1,6-7H2,2H3,(H,14,15). The van der Waals surface area contributed by atoms with E-state index in [-0.39, 0.29) is 12.4 Å². The number of nitrogens with one attached hydrogen (secondary N) is 1. The summed E-state index contributed by atoms with van der Waals surface area (Å²) in [4.78, 5) is 11.0. The maximum Gasteiger partial charge on any atom is 0.247 e. The lowest BCUT2D eigenvalue weighted by Crippen LogP contribution is -2.08. The van der Waals surface area contributed by atoms with Crippen molar-refractivity contribution in [3.05, 3.63) is 36.7 Å². The topological polar surface area (TPSA) is 47.6 Å². The van der Waals surface area contributed by atoms with Crippen LogP contribution in [-0.2, 0) is 9.53 Å². The third kappa shape index (κ3) is 4.24. The number of anilines is 1. The molecule has 1 aromatic rings. The van der Waals surface area contributed by atoms with Gasteiger partial charge in [-0.15, -0.1) is 0 Å². The summed E-state index contributed by atoms with van der Waals surface area (Å²) in [6.07, 6.45) is 1.11. The monoisotopic (exact) mass is 239 g/mol. The summed E-state index contributed by atoms with van der Waals surface area (Å²) < 4.78 is 23.4. The van der Waals surface area contributed by atoms with Gasteiger partial charge in [-0.1, -0.05) is 6.58 Å². The van der Waals surface area contributed by atoms with Gasteiger partial charge in [-0.25, -0.2) is 4.39 Å². The van der Waals surface area contributed by atoms with E-state index in [0.717, 1.165) is 6.08 Å². The van der Waals surface area contributed by atoms with Crippen molar-refractivity contribution in [2.24, 2.45) is 0 Å². The van der Waals surface area contributed by atoms with Gasteiger partial charge in [-0.05, 0) is 18.2 Å². The number of benzene rings is 1. The first kappa shape index (κ1) is 13.2. The largest absolute Gasteiger partial charge is 0.488 e. The minimum absolute atomic E-state index is 0.124. The minimum Gasteiger partial charge on any atom is -0.488 e. The van der Waals surface area contributed by atoms with Gasteiger partial charge in [0.25, 0.3) is 0 Å². The van der Waals surface area contributed by atoms with Crippen LogP contribution in [0.2, 0.25) is 0 Å². The van der Waals surface area contributed by atoms with E-state index in [4.69, 9.17) is 9.47 Å². The molecule has 0 fully saturated rings. The van der Waals surface area contributed by atoms with E-state index in [1.165, 1.54) is 19.2 Å². The molecule has 5 heteroatoms. The number of rotatable bonds is 6. The van der Waals surface area contributed by atoms with Crippen molar-refractivity contribution in [2.75, 3.05) is 25.6 Å². The maximum atomic E-state index is 13.5. The first-order valence-corrected chi connectivity index (χ1v) is 5.02. The van der Waals surface area contributed by atoms with Gasteiger partial charge in [0.05, 0.1) is 6.61 Å². The molecule has 0 saturated carbocycles. The number of halogens is 1. The molecule has 0 bridgehead atoms. The summed E-state index contributed by atoms with van der Waals surface area (Å²) >= 11 is 0. The van der Waals surface area contributed by atoms with Crippen molar-refractivity contribution in [3.63, 3.8) is 0 Å². The van der Waals surface area contributed by atoms with Crippen molar-refractivity contribution in [1.29, 1.82) is 0 Å². The molecule has 0 saturated heterocycles. The van der Waals surface area contributed by atoms with Crippen LogP contribution in [0.4, 0.5) is 10.1 Å². The molecule has 0 aromatic heterocycles. The summed E-state index contributed by atoms with van der Waals surface area (Å²) in [6.45, 7) is 3.96. The van der Waals surface area contributed by atoms with Crippen LogP contribution >= 0.6 is 0 Å². The number of hydrogen-bond donors (Lipinski definition) is 1. The molecule has 0 radical (unpaired) electrons. The highest BCUT2D eigenvalue weighted by Gasteiger charge is 2.05. The second kappa shape index (κ2) is 6.65. The van der Waals surface area contributed by atoms with Crippen LogP contribution in [0.5, 0.6) is 5.75 Å². The molecule has 0 aliphatic heterocycles. The van der Waals surface area contributed by atoms with Gasteiger partial charge in [0, 0.05) is 18.9 Å². The Bertz CT molecular complexity index is 407. The lowest BCUT2D eigenvalue weighted by atomic mass is 10.3. The van der Waals surface area contributed by atoms with Crippen LogP contribution in [0, 0.1) is 5.82 Å². The summed E-state index contributed by atoms with van der Waals surface area (Å²) in [5.74, 6) is -0.806. The summed E-state index contributed by atoms with van der Waals surface area (Å²) in [6, 6.07) is 4.18. The lowest BCUT2D eigenvalue weighted by Gasteiger charge is -2.08. The Morgan fingerprint density at radius 3 is 2.88 bits per heavy atom. The highest BCUT2D eigenvalue weighted by Crippen LogP contribution is 2.21. The Morgan fingerprint density at radius 2 is 2.29 bits per heavy atom. The lowest BCUT2D eigenvalue weighted by molar-refractivity contribution is -0.111. The molecule has 0 unspecified atom stereocenters. The highest BCUT2D eigenvalue weighted by atomic mass is 19.1. The molecule has 1 aromatic carbocycles. The molecule has 0 heterocycles. The molecular weight excluding hydrogens is 225 g/mol. The fraction of sp³-hybridized carbons (Fsp3) is 0.250. The Kier molecular flexibility index (Phi) is 5.16. The Balaban J connectivity index is 2.65. The molecular formula is C12H14FNO3. The van der Waals surface area contributed by atoms with Gasteiger partial charge in [-0.3, -0.25) is 4.79 Å². The first-order chi connectivity index (χ1) is 8.17. The zero-order chi connectivity index (χ0) is 12.7. The normalized spacial score (nSPS) is 9.76. The molecule has 1 amide bonds. The summed E-state index contributed by atoms with van der Waals surface area (Å²) in [7, 11) is 1.54.